The Hall–Kier alpha value is -3.10. The number of nitrogens with zero attached hydrogens (tertiary/aromatic N) is 3. The summed E-state index contributed by atoms with van der Waals surface area (Å²) < 4.78 is 7.46. The van der Waals surface area contributed by atoms with E-state index in [1.807, 2.05) is 35.9 Å². The van der Waals surface area contributed by atoms with Crippen molar-refractivity contribution in [3.05, 3.63) is 64.1 Å². The van der Waals surface area contributed by atoms with E-state index in [9.17, 15) is 10.1 Å². The van der Waals surface area contributed by atoms with Crippen molar-refractivity contribution in [3.63, 3.8) is 0 Å². The molecule has 1 unspecified atom stereocenters. The minimum Gasteiger partial charge on any atom is -0.497 e. The number of ether oxygens (including phenoxy) is 1. The van der Waals surface area contributed by atoms with Crippen LogP contribution in [0.25, 0.3) is 17.0 Å². The van der Waals surface area contributed by atoms with Gasteiger partial charge in [0, 0.05) is 42.2 Å². The predicted octanol–water partition coefficient (Wildman–Crippen LogP) is 4.64. The van der Waals surface area contributed by atoms with Gasteiger partial charge in [0.2, 0.25) is 0 Å². The predicted molar refractivity (Wildman–Crippen MR) is 108 cm³/mol. The maximum atomic E-state index is 12.5. The van der Waals surface area contributed by atoms with Crippen LogP contribution in [0, 0.1) is 11.3 Å². The second kappa shape index (κ2) is 7.14. The highest BCUT2D eigenvalue weighted by molar-refractivity contribution is 6.29. The molecule has 6 heteroatoms. The van der Waals surface area contributed by atoms with Crippen LogP contribution < -0.4 is 4.74 Å². The van der Waals surface area contributed by atoms with Gasteiger partial charge in [-0.2, -0.15) is 5.26 Å². The summed E-state index contributed by atoms with van der Waals surface area (Å²) in [5.41, 5.74) is 4.11. The monoisotopic (exact) mass is 391 g/mol. The first-order chi connectivity index (χ1) is 13.5. The van der Waals surface area contributed by atoms with Crippen molar-refractivity contribution in [2.45, 2.75) is 18.8 Å². The van der Waals surface area contributed by atoms with Crippen LogP contribution in [0.5, 0.6) is 5.75 Å². The Bertz CT molecular complexity index is 1150. The molecule has 3 aromatic rings. The Labute approximate surface area is 167 Å². The number of Topliss-reactive ketones (excluding diaryl/α,β-unsaturated/α-hetero) is 1. The Morgan fingerprint density at radius 1 is 1.32 bits per heavy atom. The quantitative estimate of drug-likeness (QED) is 0.597. The highest BCUT2D eigenvalue weighted by Crippen LogP contribution is 2.41. The lowest BCUT2D eigenvalue weighted by Crippen LogP contribution is -2.12. The number of halogens is 1. The van der Waals surface area contributed by atoms with Gasteiger partial charge in [0.05, 0.1) is 12.7 Å². The van der Waals surface area contributed by atoms with Crippen molar-refractivity contribution in [2.24, 2.45) is 7.05 Å². The summed E-state index contributed by atoms with van der Waals surface area (Å²) >= 11 is 5.98. The third-order valence-electron chi connectivity index (χ3n) is 5.36. The first-order valence-electron chi connectivity index (χ1n) is 8.96. The van der Waals surface area contributed by atoms with E-state index in [0.717, 1.165) is 33.5 Å². The van der Waals surface area contributed by atoms with Crippen molar-refractivity contribution >= 4 is 34.4 Å². The summed E-state index contributed by atoms with van der Waals surface area (Å²) in [4.78, 5) is 16.7. The lowest BCUT2D eigenvalue weighted by atomic mass is 9.83. The van der Waals surface area contributed by atoms with E-state index in [0.29, 0.717) is 18.0 Å². The first kappa shape index (κ1) is 18.3. The minimum absolute atomic E-state index is 0.0454. The van der Waals surface area contributed by atoms with Crippen LogP contribution >= 0.6 is 11.6 Å². The number of hydrogen-bond donors (Lipinski definition) is 0. The summed E-state index contributed by atoms with van der Waals surface area (Å²) in [6.45, 7) is 0. The number of fused-ring (bicyclic) bond motifs is 3. The summed E-state index contributed by atoms with van der Waals surface area (Å²) in [6, 6.07) is 11.7. The van der Waals surface area contributed by atoms with E-state index in [4.69, 9.17) is 16.3 Å². The number of pyridine rings is 1. The van der Waals surface area contributed by atoms with Gasteiger partial charge in [-0.1, -0.05) is 17.7 Å². The van der Waals surface area contributed by atoms with Gasteiger partial charge in [0.15, 0.2) is 5.78 Å². The topological polar surface area (TPSA) is 67.9 Å². The largest absolute Gasteiger partial charge is 0.497 e. The molecule has 140 valence electrons. The normalized spacial score (nSPS) is 16.7. The zero-order valence-electron chi connectivity index (χ0n) is 15.6. The summed E-state index contributed by atoms with van der Waals surface area (Å²) in [7, 11) is 3.59. The van der Waals surface area contributed by atoms with Crippen molar-refractivity contribution in [3.8, 4) is 11.8 Å². The number of rotatable bonds is 2. The molecule has 4 rings (SSSR count). The highest BCUT2D eigenvalue weighted by atomic mass is 35.5. The molecule has 1 aromatic carbocycles. The van der Waals surface area contributed by atoms with E-state index in [2.05, 4.69) is 11.1 Å². The number of aromatic nitrogens is 2. The molecule has 0 bridgehead atoms. The van der Waals surface area contributed by atoms with Crippen LogP contribution in [0.1, 0.15) is 35.6 Å². The number of hydrogen-bond acceptors (Lipinski definition) is 4. The number of nitriles is 1. The number of carbonyl (C=O) groups is 1. The van der Waals surface area contributed by atoms with Gasteiger partial charge < -0.3 is 9.30 Å². The van der Waals surface area contributed by atoms with Crippen LogP contribution in [-0.4, -0.2) is 22.4 Å². The van der Waals surface area contributed by atoms with E-state index in [1.165, 1.54) is 0 Å². The van der Waals surface area contributed by atoms with Crippen molar-refractivity contribution in [2.75, 3.05) is 7.11 Å². The number of aryl methyl sites for hydroxylation is 1. The van der Waals surface area contributed by atoms with Gasteiger partial charge in [-0.3, -0.25) is 4.79 Å². The molecule has 2 aromatic heterocycles. The molecule has 2 heterocycles. The minimum atomic E-state index is -0.136. The van der Waals surface area contributed by atoms with Crippen LogP contribution in [-0.2, 0) is 11.8 Å². The average Bonchev–Trinajstić information content (AvgIpc) is 2.96. The van der Waals surface area contributed by atoms with Crippen LogP contribution in [0.4, 0.5) is 0 Å². The molecule has 1 atom stereocenters. The Kier molecular flexibility index (Phi) is 4.66. The zero-order chi connectivity index (χ0) is 19.8. The maximum absolute atomic E-state index is 12.5. The number of carbonyl (C=O) groups excluding carboxylic acids is 1. The molecule has 5 nitrogen and oxygen atoms in total. The fraction of sp³-hybridized carbons (Fsp3) is 0.227. The first-order valence-corrected chi connectivity index (χ1v) is 9.34. The fourth-order valence-electron chi connectivity index (χ4n) is 3.93. The molecule has 0 amide bonds. The number of allylic oxidation sites excluding steroid dienone is 1. The van der Waals surface area contributed by atoms with Crippen LogP contribution in [0.15, 0.2) is 42.1 Å². The lowest BCUT2D eigenvalue weighted by molar-refractivity contribution is -0.115. The second-order valence-corrected chi connectivity index (χ2v) is 7.23. The lowest BCUT2D eigenvalue weighted by Gasteiger charge is -2.20. The summed E-state index contributed by atoms with van der Waals surface area (Å²) in [6.07, 6.45) is 4.35. The highest BCUT2D eigenvalue weighted by Gasteiger charge is 2.28. The zero-order valence-corrected chi connectivity index (χ0v) is 16.3. The molecule has 0 fully saturated rings. The third kappa shape index (κ3) is 2.96. The van der Waals surface area contributed by atoms with Gasteiger partial charge >= 0.3 is 0 Å². The van der Waals surface area contributed by atoms with E-state index in [1.54, 1.807) is 25.4 Å². The molecule has 0 radical (unpaired) electrons. The molecule has 0 N–H and O–H groups in total. The van der Waals surface area contributed by atoms with Gasteiger partial charge in [0.1, 0.15) is 17.0 Å². The molecule has 1 aliphatic rings. The summed E-state index contributed by atoms with van der Waals surface area (Å²) in [5, 5.41) is 10.9. The van der Waals surface area contributed by atoms with Gasteiger partial charge in [-0.15, -0.1) is 0 Å². The van der Waals surface area contributed by atoms with Gasteiger partial charge in [0.25, 0.3) is 0 Å². The van der Waals surface area contributed by atoms with Gasteiger partial charge in [-0.25, -0.2) is 4.98 Å². The van der Waals surface area contributed by atoms with E-state index >= 15 is 0 Å². The Morgan fingerprint density at radius 2 is 2.14 bits per heavy atom. The fourth-order valence-corrected chi connectivity index (χ4v) is 4.04. The van der Waals surface area contributed by atoms with Crippen molar-refractivity contribution < 1.29 is 9.53 Å². The van der Waals surface area contributed by atoms with Crippen molar-refractivity contribution in [1.82, 2.24) is 9.55 Å². The molecule has 0 spiro atoms. The Morgan fingerprint density at radius 3 is 2.82 bits per heavy atom. The van der Waals surface area contributed by atoms with E-state index in [-0.39, 0.29) is 17.3 Å². The van der Waals surface area contributed by atoms with Crippen molar-refractivity contribution in [1.29, 1.82) is 5.26 Å². The maximum Gasteiger partial charge on any atom is 0.173 e. The van der Waals surface area contributed by atoms with Crippen LogP contribution in [0.3, 0.4) is 0 Å². The number of benzene rings is 1. The smallest absolute Gasteiger partial charge is 0.173 e. The van der Waals surface area contributed by atoms with Crippen LogP contribution in [0.2, 0.25) is 5.15 Å². The number of methoxy groups -OCH3 is 1. The standard InChI is InChI=1S/C22H18ClN3O2/c1-26-18-6-4-15(28-2)10-17(18)22-16(13-3-8-21(23)25-12-13)5-7-20(27)14(11-24)9-19(22)26/h3-4,6,8-10,12,16H,5,7H2,1-2H3. The molecule has 0 saturated carbocycles. The van der Waals surface area contributed by atoms with E-state index < -0.39 is 0 Å². The summed E-state index contributed by atoms with van der Waals surface area (Å²) in [5.74, 6) is 0.579. The molecule has 1 aliphatic carbocycles. The average molecular weight is 392 g/mol. The second-order valence-electron chi connectivity index (χ2n) is 6.84. The molecular formula is C22H18ClN3O2. The molecule has 28 heavy (non-hydrogen) atoms. The molecule has 0 aliphatic heterocycles. The molecule has 0 saturated heterocycles. The third-order valence-corrected chi connectivity index (χ3v) is 5.58. The molecular weight excluding hydrogens is 374 g/mol. The van der Waals surface area contributed by atoms with Gasteiger partial charge in [-0.05, 0) is 47.9 Å². The Balaban J connectivity index is 2.06. The SMILES string of the molecule is COc1ccc2c(c1)c1c(n2C)C=C(C#N)C(=O)CCC1c1ccc(Cl)nc1. The number of ketones is 1.